The molecule has 1 N–H and O–H groups in total. The Hall–Kier alpha value is -1.91. The number of nitrogens with one attached hydrogen (secondary N) is 1. The van der Waals surface area contributed by atoms with Crippen molar-refractivity contribution in [3.05, 3.63) is 23.8 Å². The number of hydrogen-bond donors (Lipinski definition) is 1. The number of carbonyl (C=O) groups excluding carboxylic acids is 1. The van der Waals surface area contributed by atoms with Gasteiger partial charge in [-0.3, -0.25) is 0 Å². The van der Waals surface area contributed by atoms with Gasteiger partial charge in [0.05, 0.1) is 20.3 Å². The Morgan fingerprint density at radius 3 is 2.75 bits per heavy atom. The number of carbonyl (C=O) groups is 1. The Morgan fingerprint density at radius 2 is 2.19 bits per heavy atom. The van der Waals surface area contributed by atoms with Crippen molar-refractivity contribution in [2.45, 2.75) is 6.04 Å². The van der Waals surface area contributed by atoms with Crippen LogP contribution in [0.4, 0.5) is 4.79 Å². The third kappa shape index (κ3) is 1.88. The number of amides is 1. The van der Waals surface area contributed by atoms with Gasteiger partial charge in [0.1, 0.15) is 18.1 Å². The van der Waals surface area contributed by atoms with E-state index < -0.39 is 6.09 Å². The maximum atomic E-state index is 11.0. The lowest BCUT2D eigenvalue weighted by molar-refractivity contribution is 0.177. The summed E-state index contributed by atoms with van der Waals surface area (Å²) in [6.07, 6.45) is -0.400. The van der Waals surface area contributed by atoms with E-state index >= 15 is 0 Å². The molecule has 1 fully saturated rings. The van der Waals surface area contributed by atoms with Crippen LogP contribution in [-0.2, 0) is 4.74 Å². The third-order valence-electron chi connectivity index (χ3n) is 2.49. The molecule has 86 valence electrons. The van der Waals surface area contributed by atoms with Crippen molar-refractivity contribution in [3.63, 3.8) is 0 Å². The number of benzene rings is 1. The molecule has 1 aromatic rings. The Morgan fingerprint density at radius 1 is 1.38 bits per heavy atom. The molecule has 0 spiro atoms. The molecular weight excluding hydrogens is 210 g/mol. The topological polar surface area (TPSA) is 56.8 Å². The van der Waals surface area contributed by atoms with E-state index in [1.807, 2.05) is 12.1 Å². The molecule has 1 unspecified atom stereocenters. The van der Waals surface area contributed by atoms with Crippen molar-refractivity contribution in [3.8, 4) is 11.5 Å². The van der Waals surface area contributed by atoms with Crippen LogP contribution in [0, 0.1) is 0 Å². The lowest BCUT2D eigenvalue weighted by atomic mass is 10.1. The average Bonchev–Trinajstić information content (AvgIpc) is 2.74. The van der Waals surface area contributed by atoms with Crippen LogP contribution in [0.25, 0.3) is 0 Å². The van der Waals surface area contributed by atoms with Crippen molar-refractivity contribution in [1.29, 1.82) is 0 Å². The van der Waals surface area contributed by atoms with Gasteiger partial charge in [0.15, 0.2) is 0 Å². The average molecular weight is 223 g/mol. The molecule has 1 amide bonds. The summed E-state index contributed by atoms with van der Waals surface area (Å²) in [6.45, 7) is 0.321. The van der Waals surface area contributed by atoms with Gasteiger partial charge in [0.2, 0.25) is 0 Å². The smallest absolute Gasteiger partial charge is 0.407 e. The van der Waals surface area contributed by atoms with Gasteiger partial charge in [0.25, 0.3) is 0 Å². The van der Waals surface area contributed by atoms with Crippen LogP contribution in [0.1, 0.15) is 11.6 Å². The summed E-state index contributed by atoms with van der Waals surface area (Å²) in [6, 6.07) is 5.30. The molecule has 16 heavy (non-hydrogen) atoms. The summed E-state index contributed by atoms with van der Waals surface area (Å²) in [5.74, 6) is 1.39. The fourth-order valence-corrected chi connectivity index (χ4v) is 1.66. The monoisotopic (exact) mass is 223 g/mol. The van der Waals surface area contributed by atoms with Crippen molar-refractivity contribution >= 4 is 6.09 Å². The van der Waals surface area contributed by atoms with Crippen LogP contribution in [-0.4, -0.2) is 26.9 Å². The second-order valence-corrected chi connectivity index (χ2v) is 3.40. The molecule has 0 aromatic heterocycles. The van der Waals surface area contributed by atoms with Gasteiger partial charge in [-0.15, -0.1) is 0 Å². The van der Waals surface area contributed by atoms with E-state index in [1.54, 1.807) is 20.3 Å². The molecule has 0 saturated carbocycles. The van der Waals surface area contributed by atoms with Crippen molar-refractivity contribution < 1.29 is 19.0 Å². The highest BCUT2D eigenvalue weighted by Gasteiger charge is 2.26. The van der Waals surface area contributed by atoms with Crippen molar-refractivity contribution in [2.75, 3.05) is 20.8 Å². The molecule has 1 aliphatic heterocycles. The zero-order valence-electron chi connectivity index (χ0n) is 9.15. The van der Waals surface area contributed by atoms with Gasteiger partial charge in [0, 0.05) is 11.6 Å². The number of ether oxygens (including phenoxy) is 3. The number of alkyl carbamates (subject to hydrolysis) is 1. The van der Waals surface area contributed by atoms with E-state index in [0.717, 1.165) is 5.56 Å². The molecule has 0 aliphatic carbocycles. The SMILES string of the molecule is COc1ccc(C2COC(=O)N2)c(OC)c1. The molecule has 0 bridgehead atoms. The molecule has 5 nitrogen and oxygen atoms in total. The number of rotatable bonds is 3. The Bertz CT molecular complexity index is 405. The number of methoxy groups -OCH3 is 2. The van der Waals surface area contributed by atoms with E-state index in [-0.39, 0.29) is 6.04 Å². The lowest BCUT2D eigenvalue weighted by Crippen LogP contribution is -2.18. The zero-order valence-corrected chi connectivity index (χ0v) is 9.15. The highest BCUT2D eigenvalue weighted by Crippen LogP contribution is 2.31. The molecule has 0 radical (unpaired) electrons. The van der Waals surface area contributed by atoms with Crippen LogP contribution in [0.2, 0.25) is 0 Å². The number of hydrogen-bond acceptors (Lipinski definition) is 4. The molecule has 5 heteroatoms. The lowest BCUT2D eigenvalue weighted by Gasteiger charge is -2.13. The van der Waals surface area contributed by atoms with Crippen LogP contribution in [0.15, 0.2) is 18.2 Å². The van der Waals surface area contributed by atoms with Gasteiger partial charge in [-0.2, -0.15) is 0 Å². The van der Waals surface area contributed by atoms with E-state index in [2.05, 4.69) is 5.32 Å². The third-order valence-corrected chi connectivity index (χ3v) is 2.49. The maximum Gasteiger partial charge on any atom is 0.407 e. The van der Waals surface area contributed by atoms with Gasteiger partial charge >= 0.3 is 6.09 Å². The largest absolute Gasteiger partial charge is 0.497 e. The Labute approximate surface area is 93.3 Å². The summed E-state index contributed by atoms with van der Waals surface area (Å²) in [7, 11) is 3.17. The maximum absolute atomic E-state index is 11.0. The molecule has 1 saturated heterocycles. The highest BCUT2D eigenvalue weighted by molar-refractivity contribution is 5.70. The summed E-state index contributed by atoms with van der Waals surface area (Å²) in [5, 5.41) is 2.70. The Balaban J connectivity index is 2.29. The fraction of sp³-hybridized carbons (Fsp3) is 0.364. The van der Waals surface area contributed by atoms with Gasteiger partial charge in [-0.05, 0) is 12.1 Å². The van der Waals surface area contributed by atoms with E-state index in [9.17, 15) is 4.79 Å². The second kappa shape index (κ2) is 4.30. The van der Waals surface area contributed by atoms with Crippen LogP contribution in [0.5, 0.6) is 11.5 Å². The molecule has 2 rings (SSSR count). The molecular formula is C11H13NO4. The minimum absolute atomic E-state index is 0.159. The standard InChI is InChI=1S/C11H13NO4/c1-14-7-3-4-8(10(5-7)15-2)9-6-16-11(13)12-9/h3-5,9H,6H2,1-2H3,(H,12,13). The van der Waals surface area contributed by atoms with Gasteiger partial charge in [-0.25, -0.2) is 4.79 Å². The number of cyclic esters (lactones) is 1. The molecule has 1 heterocycles. The normalized spacial score (nSPS) is 18.9. The minimum atomic E-state index is -0.400. The van der Waals surface area contributed by atoms with Crippen molar-refractivity contribution in [2.24, 2.45) is 0 Å². The summed E-state index contributed by atoms with van der Waals surface area (Å²) < 4.78 is 15.2. The van der Waals surface area contributed by atoms with Crippen LogP contribution < -0.4 is 14.8 Å². The highest BCUT2D eigenvalue weighted by atomic mass is 16.6. The first-order valence-electron chi connectivity index (χ1n) is 4.90. The predicted octanol–water partition coefficient (Wildman–Crippen LogP) is 1.48. The summed E-state index contributed by atoms with van der Waals surface area (Å²) in [4.78, 5) is 11.0. The van der Waals surface area contributed by atoms with Crippen LogP contribution in [0.3, 0.4) is 0 Å². The molecule has 1 aliphatic rings. The minimum Gasteiger partial charge on any atom is -0.497 e. The Kier molecular flexibility index (Phi) is 2.85. The van der Waals surface area contributed by atoms with E-state index in [4.69, 9.17) is 14.2 Å². The molecule has 1 atom stereocenters. The van der Waals surface area contributed by atoms with Crippen LogP contribution >= 0.6 is 0 Å². The second-order valence-electron chi connectivity index (χ2n) is 3.40. The van der Waals surface area contributed by atoms with E-state index in [1.165, 1.54) is 0 Å². The summed E-state index contributed by atoms with van der Waals surface area (Å²) in [5.41, 5.74) is 0.883. The first kappa shape index (κ1) is 10.6. The van der Waals surface area contributed by atoms with Gasteiger partial charge in [-0.1, -0.05) is 0 Å². The summed E-state index contributed by atoms with van der Waals surface area (Å²) >= 11 is 0. The van der Waals surface area contributed by atoms with Gasteiger partial charge < -0.3 is 19.5 Å². The molecule has 1 aromatic carbocycles. The van der Waals surface area contributed by atoms with E-state index in [0.29, 0.717) is 18.1 Å². The zero-order chi connectivity index (χ0) is 11.5. The fourth-order valence-electron chi connectivity index (χ4n) is 1.66. The van der Waals surface area contributed by atoms with Crippen molar-refractivity contribution in [1.82, 2.24) is 5.32 Å². The predicted molar refractivity (Wildman–Crippen MR) is 56.8 cm³/mol. The first-order valence-corrected chi connectivity index (χ1v) is 4.90. The quantitative estimate of drug-likeness (QED) is 0.843. The first-order chi connectivity index (χ1) is 7.74.